The number of esters is 1. The lowest BCUT2D eigenvalue weighted by Crippen LogP contribution is -2.65. The number of hydrogen-bond acceptors (Lipinski definition) is 10. The molecule has 5 rings (SSSR count). The molecule has 2 fully saturated rings. The zero-order valence-electron chi connectivity index (χ0n) is 17.5. The second-order valence-electron chi connectivity index (χ2n) is 8.90. The molecule has 176 valence electrons. The number of aromatic hydroxyl groups is 1. The highest BCUT2D eigenvalue weighted by Gasteiger charge is 2.67. The monoisotopic (exact) mass is 469 g/mol. The predicted molar refractivity (Wildman–Crippen MR) is 110 cm³/mol. The molecule has 6 N–H and O–H groups in total. The third kappa shape index (κ3) is 2.70. The molecule has 1 aromatic rings. The van der Waals surface area contributed by atoms with Gasteiger partial charge in [0.1, 0.15) is 28.9 Å². The van der Waals surface area contributed by atoms with Gasteiger partial charge in [0.05, 0.1) is 23.0 Å². The van der Waals surface area contributed by atoms with Gasteiger partial charge in [0.25, 0.3) is 5.91 Å². The van der Waals surface area contributed by atoms with E-state index >= 15 is 0 Å². The van der Waals surface area contributed by atoms with Crippen LogP contribution in [0.4, 0.5) is 0 Å². The van der Waals surface area contributed by atoms with Crippen molar-refractivity contribution in [3.8, 4) is 5.75 Å². The SMILES string of the molecule is NC(=O)C1=C(O)[C@@]2(O)C(=O)C3=C(O)c4c(O)cccc4C(=O)[C@H]3[C@H](OC(=O)C3CC3)[C@H]2CC1=O. The number of aliphatic hydroxyl groups excluding tert-OH is 2. The van der Waals surface area contributed by atoms with Crippen molar-refractivity contribution in [1.82, 2.24) is 0 Å². The van der Waals surface area contributed by atoms with Crippen LogP contribution in [0.5, 0.6) is 5.75 Å². The number of phenolic OH excluding ortho intramolecular Hbond substituents is 1. The lowest BCUT2D eigenvalue weighted by Gasteiger charge is -2.49. The fraction of sp³-hybridized carbons (Fsp3) is 0.348. The van der Waals surface area contributed by atoms with E-state index in [-0.39, 0.29) is 11.1 Å². The number of hydrogen-bond donors (Lipinski definition) is 5. The Morgan fingerprint density at radius 1 is 1.09 bits per heavy atom. The maximum absolute atomic E-state index is 13.6. The van der Waals surface area contributed by atoms with Gasteiger partial charge in [-0.15, -0.1) is 0 Å². The van der Waals surface area contributed by atoms with Gasteiger partial charge >= 0.3 is 5.97 Å². The third-order valence-electron chi connectivity index (χ3n) is 6.94. The summed E-state index contributed by atoms with van der Waals surface area (Å²) in [6, 6.07) is 3.80. The number of benzene rings is 1. The topological polar surface area (TPSA) is 202 Å². The molecule has 0 heterocycles. The molecule has 34 heavy (non-hydrogen) atoms. The fourth-order valence-electron chi connectivity index (χ4n) is 5.11. The van der Waals surface area contributed by atoms with Crippen LogP contribution < -0.4 is 5.73 Å². The molecule has 1 amide bonds. The van der Waals surface area contributed by atoms with E-state index in [1.165, 1.54) is 18.2 Å². The summed E-state index contributed by atoms with van der Waals surface area (Å²) in [5.41, 5.74) is -0.0569. The van der Waals surface area contributed by atoms with Crippen molar-refractivity contribution in [2.75, 3.05) is 0 Å². The van der Waals surface area contributed by atoms with Gasteiger partial charge in [-0.3, -0.25) is 24.0 Å². The van der Waals surface area contributed by atoms with Gasteiger partial charge in [0.2, 0.25) is 5.78 Å². The third-order valence-corrected chi connectivity index (χ3v) is 6.94. The second-order valence-corrected chi connectivity index (χ2v) is 8.90. The summed E-state index contributed by atoms with van der Waals surface area (Å²) in [5, 5.41) is 43.3. The van der Waals surface area contributed by atoms with E-state index in [2.05, 4.69) is 0 Å². The van der Waals surface area contributed by atoms with E-state index in [0.717, 1.165) is 0 Å². The van der Waals surface area contributed by atoms with Crippen LogP contribution >= 0.6 is 0 Å². The highest BCUT2D eigenvalue weighted by molar-refractivity contribution is 6.25. The number of Topliss-reactive ketones (excluding diaryl/α,β-unsaturated/α-hetero) is 3. The van der Waals surface area contributed by atoms with Crippen LogP contribution in [0, 0.1) is 17.8 Å². The minimum atomic E-state index is -2.99. The summed E-state index contributed by atoms with van der Waals surface area (Å²) in [4.78, 5) is 64.0. The molecule has 4 aliphatic rings. The van der Waals surface area contributed by atoms with Crippen molar-refractivity contribution in [2.24, 2.45) is 23.5 Å². The van der Waals surface area contributed by atoms with Crippen molar-refractivity contribution in [3.63, 3.8) is 0 Å². The Balaban J connectivity index is 1.78. The van der Waals surface area contributed by atoms with Crippen LogP contribution in [0.25, 0.3) is 5.76 Å². The van der Waals surface area contributed by atoms with Crippen LogP contribution in [0.1, 0.15) is 35.2 Å². The van der Waals surface area contributed by atoms with E-state index in [9.17, 15) is 44.4 Å². The molecular weight excluding hydrogens is 450 g/mol. The van der Waals surface area contributed by atoms with Gasteiger partial charge in [-0.1, -0.05) is 12.1 Å². The number of aliphatic hydroxyl groups is 3. The first-order valence-corrected chi connectivity index (χ1v) is 10.5. The second kappa shape index (κ2) is 7.00. The number of phenols is 1. The number of rotatable bonds is 3. The summed E-state index contributed by atoms with van der Waals surface area (Å²) in [5.74, 6) is -11.7. The van der Waals surface area contributed by atoms with Gasteiger partial charge in [0, 0.05) is 17.9 Å². The molecule has 1 aromatic carbocycles. The smallest absolute Gasteiger partial charge is 0.309 e. The summed E-state index contributed by atoms with van der Waals surface area (Å²) in [6.45, 7) is 0. The number of carbonyl (C=O) groups is 5. The highest BCUT2D eigenvalue weighted by Crippen LogP contribution is 2.53. The number of fused-ring (bicyclic) bond motifs is 3. The molecule has 0 radical (unpaired) electrons. The van der Waals surface area contributed by atoms with Crippen molar-refractivity contribution >= 4 is 35.0 Å². The summed E-state index contributed by atoms with van der Waals surface area (Å²) < 4.78 is 5.54. The zero-order valence-corrected chi connectivity index (χ0v) is 17.5. The first-order chi connectivity index (χ1) is 16.0. The van der Waals surface area contributed by atoms with Crippen LogP contribution in [-0.2, 0) is 23.9 Å². The van der Waals surface area contributed by atoms with E-state index in [4.69, 9.17) is 10.5 Å². The molecular formula is C23H19NO10. The fourth-order valence-corrected chi connectivity index (χ4v) is 5.11. The number of ether oxygens (including phenoxy) is 1. The van der Waals surface area contributed by atoms with Crippen LogP contribution in [0.2, 0.25) is 0 Å². The van der Waals surface area contributed by atoms with Crippen molar-refractivity contribution in [3.05, 3.63) is 46.2 Å². The normalized spacial score (nSPS) is 30.5. The van der Waals surface area contributed by atoms with E-state index in [1.54, 1.807) is 0 Å². The predicted octanol–water partition coefficient (Wildman–Crippen LogP) is -0.00420. The lowest BCUT2D eigenvalue weighted by molar-refractivity contribution is -0.176. The minimum absolute atomic E-state index is 0.156. The number of nitrogens with two attached hydrogens (primary N) is 1. The molecule has 0 unspecified atom stereocenters. The summed E-state index contributed by atoms with van der Waals surface area (Å²) in [6.07, 6.45) is -1.33. The molecule has 4 aliphatic carbocycles. The zero-order chi connectivity index (χ0) is 24.7. The van der Waals surface area contributed by atoms with Crippen molar-refractivity contribution in [2.45, 2.75) is 31.0 Å². The minimum Gasteiger partial charge on any atom is -0.508 e. The molecule has 0 aliphatic heterocycles. The molecule has 11 nitrogen and oxygen atoms in total. The van der Waals surface area contributed by atoms with E-state index in [1.807, 2.05) is 0 Å². The van der Waals surface area contributed by atoms with Crippen LogP contribution in [0.3, 0.4) is 0 Å². The lowest BCUT2D eigenvalue weighted by atomic mass is 9.57. The van der Waals surface area contributed by atoms with Crippen molar-refractivity contribution < 1.29 is 49.1 Å². The quantitative estimate of drug-likeness (QED) is 0.296. The maximum Gasteiger partial charge on any atom is 0.309 e. The Kier molecular flexibility index (Phi) is 4.50. The number of primary amides is 1. The highest BCUT2D eigenvalue weighted by atomic mass is 16.5. The Bertz CT molecular complexity index is 1290. The molecule has 4 atom stereocenters. The molecule has 0 saturated heterocycles. The molecule has 0 bridgehead atoms. The van der Waals surface area contributed by atoms with Crippen molar-refractivity contribution in [1.29, 1.82) is 0 Å². The molecule has 0 aromatic heterocycles. The standard InChI is InChI=1S/C23H19NO10/c24-21(31)13-11(26)6-9-18(34-22(32)7-4-5-7)14-15(20(30)23(9,33)19(13)29)17(28)12-8(16(14)27)2-1-3-10(12)25/h1-3,7,9,14,18,25,28-29,33H,4-6H2,(H2,24,31)/t9-,14+,18-,23-/m1/s1. The van der Waals surface area contributed by atoms with Crippen LogP contribution in [0.15, 0.2) is 35.1 Å². The molecule has 0 spiro atoms. The Hall–Kier alpha value is -3.99. The van der Waals surface area contributed by atoms with Gasteiger partial charge < -0.3 is 30.9 Å². The van der Waals surface area contributed by atoms with Gasteiger partial charge in [0.15, 0.2) is 17.2 Å². The number of amides is 1. The van der Waals surface area contributed by atoms with Gasteiger partial charge in [-0.2, -0.15) is 0 Å². The largest absolute Gasteiger partial charge is 0.508 e. The Morgan fingerprint density at radius 3 is 2.38 bits per heavy atom. The molecule has 2 saturated carbocycles. The van der Waals surface area contributed by atoms with Gasteiger partial charge in [-0.05, 0) is 18.9 Å². The van der Waals surface area contributed by atoms with Gasteiger partial charge in [-0.25, -0.2) is 0 Å². The molecule has 11 heteroatoms. The average molecular weight is 469 g/mol. The average Bonchev–Trinajstić information content (AvgIpc) is 3.61. The number of carbonyl (C=O) groups excluding carboxylic acids is 5. The van der Waals surface area contributed by atoms with E-state index in [0.29, 0.717) is 12.8 Å². The number of ketones is 3. The first-order valence-electron chi connectivity index (χ1n) is 10.5. The summed E-state index contributed by atoms with van der Waals surface area (Å²) in [7, 11) is 0. The summed E-state index contributed by atoms with van der Waals surface area (Å²) >= 11 is 0. The Labute approximate surface area is 191 Å². The maximum atomic E-state index is 13.6. The van der Waals surface area contributed by atoms with E-state index < -0.39 is 93.5 Å². The first kappa shape index (κ1) is 21.8. The van der Waals surface area contributed by atoms with Crippen LogP contribution in [-0.4, -0.2) is 61.4 Å². The Morgan fingerprint density at radius 2 is 1.76 bits per heavy atom.